The maximum atomic E-state index is 6.40. The molecule has 1 saturated heterocycles. The molecule has 1 aromatic carbocycles. The Morgan fingerprint density at radius 1 is 1.00 bits per heavy atom. The lowest BCUT2D eigenvalue weighted by atomic mass is 9.79. The lowest BCUT2D eigenvalue weighted by Gasteiger charge is -2.42. The van der Waals surface area contributed by atoms with E-state index in [0.717, 1.165) is 22.6 Å². The van der Waals surface area contributed by atoms with Crippen molar-refractivity contribution >= 4 is 0 Å². The Bertz CT molecular complexity index is 759. The van der Waals surface area contributed by atoms with Gasteiger partial charge in [-0.2, -0.15) is 0 Å². The van der Waals surface area contributed by atoms with E-state index in [0.29, 0.717) is 13.2 Å². The third kappa shape index (κ3) is 2.94. The van der Waals surface area contributed by atoms with Crippen LogP contribution in [0.4, 0.5) is 0 Å². The monoisotopic (exact) mass is 376 g/mol. The van der Waals surface area contributed by atoms with Gasteiger partial charge in [0.05, 0.1) is 13.2 Å². The van der Waals surface area contributed by atoms with E-state index < -0.39 is 12.1 Å². The summed E-state index contributed by atoms with van der Waals surface area (Å²) < 4.78 is 40.8. The van der Waals surface area contributed by atoms with Gasteiger partial charge in [0.15, 0.2) is 23.6 Å². The van der Waals surface area contributed by atoms with Crippen LogP contribution >= 0.6 is 0 Å². The van der Waals surface area contributed by atoms with Crippen molar-refractivity contribution < 1.29 is 33.2 Å². The molecule has 3 aliphatic heterocycles. The summed E-state index contributed by atoms with van der Waals surface area (Å²) in [6.45, 7) is 5.00. The number of ether oxygens (including phenoxy) is 7. The number of fused-ring (bicyclic) bond motifs is 6. The Hall–Kier alpha value is -1.64. The van der Waals surface area contributed by atoms with Gasteiger partial charge in [0.1, 0.15) is 18.3 Å². The first-order valence-electron chi connectivity index (χ1n) is 9.29. The zero-order valence-corrected chi connectivity index (χ0v) is 15.7. The predicted octanol–water partition coefficient (Wildman–Crippen LogP) is 2.65. The molecule has 0 spiro atoms. The fraction of sp³-hybridized carbons (Fsp3) is 0.600. The Kier molecular flexibility index (Phi) is 4.18. The van der Waals surface area contributed by atoms with Crippen LogP contribution in [0.1, 0.15) is 37.2 Å². The van der Waals surface area contributed by atoms with Crippen molar-refractivity contribution in [3.05, 3.63) is 35.4 Å². The smallest absolute Gasteiger partial charge is 0.231 e. The molecule has 1 fully saturated rings. The van der Waals surface area contributed by atoms with Crippen LogP contribution in [0.2, 0.25) is 0 Å². The summed E-state index contributed by atoms with van der Waals surface area (Å²) in [7, 11) is 1.65. The molecule has 7 heteroatoms. The minimum Gasteiger partial charge on any atom is -0.454 e. The third-order valence-corrected chi connectivity index (χ3v) is 5.38. The molecule has 27 heavy (non-hydrogen) atoms. The van der Waals surface area contributed by atoms with E-state index in [2.05, 4.69) is 12.2 Å². The zero-order chi connectivity index (χ0) is 18.6. The van der Waals surface area contributed by atoms with Crippen LogP contribution in [0.25, 0.3) is 0 Å². The summed E-state index contributed by atoms with van der Waals surface area (Å²) >= 11 is 0. The van der Waals surface area contributed by atoms with Gasteiger partial charge in [-0.15, -0.1) is 0 Å². The highest BCUT2D eigenvalue weighted by Gasteiger charge is 2.52. The van der Waals surface area contributed by atoms with Gasteiger partial charge in [-0.3, -0.25) is 0 Å². The maximum Gasteiger partial charge on any atom is 0.231 e. The molecule has 1 aromatic rings. The Morgan fingerprint density at radius 3 is 2.56 bits per heavy atom. The van der Waals surface area contributed by atoms with Crippen LogP contribution in [-0.2, 0) is 23.7 Å². The van der Waals surface area contributed by atoms with Gasteiger partial charge >= 0.3 is 0 Å². The molecule has 4 aliphatic rings. The van der Waals surface area contributed by atoms with Crippen LogP contribution in [0.15, 0.2) is 24.3 Å². The minimum atomic E-state index is -0.639. The van der Waals surface area contributed by atoms with E-state index in [1.807, 2.05) is 26.0 Å². The summed E-state index contributed by atoms with van der Waals surface area (Å²) in [6, 6.07) is 4.00. The number of methoxy groups -OCH3 is 1. The van der Waals surface area contributed by atoms with E-state index in [9.17, 15) is 0 Å². The second-order valence-corrected chi connectivity index (χ2v) is 7.61. The summed E-state index contributed by atoms with van der Waals surface area (Å²) in [5, 5.41) is 0. The molecule has 1 aliphatic carbocycles. The summed E-state index contributed by atoms with van der Waals surface area (Å²) in [5.74, 6) is 0.870. The van der Waals surface area contributed by atoms with Crippen molar-refractivity contribution in [3.63, 3.8) is 0 Å². The molecule has 0 aromatic heterocycles. The maximum absolute atomic E-state index is 6.40. The van der Waals surface area contributed by atoms with Gasteiger partial charge in [-0.1, -0.05) is 12.2 Å². The van der Waals surface area contributed by atoms with Crippen LogP contribution in [0.3, 0.4) is 0 Å². The molecule has 5 atom stereocenters. The summed E-state index contributed by atoms with van der Waals surface area (Å²) in [4.78, 5) is 0. The minimum absolute atomic E-state index is 0.0375. The molecule has 5 rings (SSSR count). The quantitative estimate of drug-likeness (QED) is 0.591. The van der Waals surface area contributed by atoms with Crippen LogP contribution in [-0.4, -0.2) is 51.2 Å². The van der Waals surface area contributed by atoms with Crippen LogP contribution in [0, 0.1) is 0 Å². The standard InChI is InChI=1S/C20H24O7/c1-20(2)26-14-5-4-11-12-8-15-16(24-10-23-15)9-13(12)19(22-7-6-21-3)25-17(11)18(14)27-20/h4-5,8-9,11,14,17-19H,6-7,10H2,1-3H3/t11-,14+,17+,18+,19?/m0/s1. The van der Waals surface area contributed by atoms with Crippen molar-refractivity contribution in [1.29, 1.82) is 0 Å². The normalized spacial score (nSPS) is 34.9. The average molecular weight is 376 g/mol. The summed E-state index contributed by atoms with van der Waals surface area (Å²) in [6.07, 6.45) is 3.17. The molecular weight excluding hydrogens is 352 g/mol. The highest BCUT2D eigenvalue weighted by Crippen LogP contribution is 2.50. The van der Waals surface area contributed by atoms with E-state index in [1.54, 1.807) is 7.11 Å². The molecular formula is C20H24O7. The van der Waals surface area contributed by atoms with Crippen molar-refractivity contribution in [2.75, 3.05) is 27.1 Å². The lowest BCUT2D eigenvalue weighted by molar-refractivity contribution is -0.224. The molecule has 0 N–H and O–H groups in total. The van der Waals surface area contributed by atoms with Gasteiger partial charge in [-0.25, -0.2) is 0 Å². The molecule has 3 heterocycles. The Morgan fingerprint density at radius 2 is 1.78 bits per heavy atom. The molecule has 146 valence electrons. The predicted molar refractivity (Wildman–Crippen MR) is 93.7 cm³/mol. The number of hydrogen-bond donors (Lipinski definition) is 0. The SMILES string of the molecule is COCCOC1O[C@H]2[C@@H]3OC(C)(C)O[C@@H]3C=C[C@H]2c2cc3c(cc21)OCO3. The van der Waals surface area contributed by atoms with E-state index in [1.165, 1.54) is 0 Å². The average Bonchev–Trinajstić information content (AvgIpc) is 3.22. The molecule has 0 bridgehead atoms. The molecule has 0 saturated carbocycles. The van der Waals surface area contributed by atoms with Crippen molar-refractivity contribution in [3.8, 4) is 11.5 Å². The second kappa shape index (κ2) is 6.46. The van der Waals surface area contributed by atoms with Gasteiger partial charge in [0, 0.05) is 18.6 Å². The zero-order valence-electron chi connectivity index (χ0n) is 15.7. The van der Waals surface area contributed by atoms with Gasteiger partial charge in [-0.05, 0) is 31.5 Å². The number of hydrogen-bond acceptors (Lipinski definition) is 7. The topological polar surface area (TPSA) is 64.6 Å². The van der Waals surface area contributed by atoms with E-state index in [-0.39, 0.29) is 31.0 Å². The van der Waals surface area contributed by atoms with Crippen molar-refractivity contribution in [1.82, 2.24) is 0 Å². The number of benzene rings is 1. The van der Waals surface area contributed by atoms with E-state index in [4.69, 9.17) is 33.2 Å². The van der Waals surface area contributed by atoms with Gasteiger partial charge in [0.25, 0.3) is 0 Å². The first kappa shape index (κ1) is 17.5. The first-order valence-corrected chi connectivity index (χ1v) is 9.29. The summed E-state index contributed by atoms with van der Waals surface area (Å²) in [5.41, 5.74) is 2.07. The first-order chi connectivity index (χ1) is 13.1. The van der Waals surface area contributed by atoms with Crippen molar-refractivity contribution in [2.24, 2.45) is 0 Å². The molecule has 7 nitrogen and oxygen atoms in total. The third-order valence-electron chi connectivity index (χ3n) is 5.38. The second-order valence-electron chi connectivity index (χ2n) is 7.61. The van der Waals surface area contributed by atoms with Crippen LogP contribution < -0.4 is 9.47 Å². The highest BCUT2D eigenvalue weighted by atomic mass is 16.8. The lowest BCUT2D eigenvalue weighted by Crippen LogP contribution is -2.46. The van der Waals surface area contributed by atoms with Gasteiger partial charge in [0.2, 0.25) is 6.79 Å². The van der Waals surface area contributed by atoms with Gasteiger partial charge < -0.3 is 33.2 Å². The fourth-order valence-electron chi connectivity index (χ4n) is 4.26. The molecule has 1 unspecified atom stereocenters. The number of rotatable bonds is 4. The van der Waals surface area contributed by atoms with Crippen molar-refractivity contribution in [2.45, 2.75) is 50.2 Å². The molecule has 0 radical (unpaired) electrons. The Labute approximate surface area is 158 Å². The Balaban J connectivity index is 1.52. The largest absolute Gasteiger partial charge is 0.454 e. The van der Waals surface area contributed by atoms with Crippen LogP contribution in [0.5, 0.6) is 11.5 Å². The highest BCUT2D eigenvalue weighted by molar-refractivity contribution is 5.52. The van der Waals surface area contributed by atoms with E-state index >= 15 is 0 Å². The fourth-order valence-corrected chi connectivity index (χ4v) is 4.26. The molecule has 0 amide bonds.